The fraction of sp³-hybridized carbons (Fsp3) is 0.643. The fourth-order valence-electron chi connectivity index (χ4n) is 2.34. The van der Waals surface area contributed by atoms with Crippen LogP contribution in [0.15, 0.2) is 18.5 Å². The minimum atomic E-state index is -0.963. The zero-order valence-corrected chi connectivity index (χ0v) is 12.3. The maximum atomic E-state index is 12.2. The van der Waals surface area contributed by atoms with Crippen molar-refractivity contribution in [3.05, 3.63) is 18.5 Å². The molecule has 7 heteroatoms. The summed E-state index contributed by atoms with van der Waals surface area (Å²) in [4.78, 5) is 27.1. The second kappa shape index (κ2) is 7.21. The Balaban J connectivity index is 1.83. The Kier molecular flexibility index (Phi) is 5.32. The van der Waals surface area contributed by atoms with Gasteiger partial charge in [0.25, 0.3) is 5.91 Å². The van der Waals surface area contributed by atoms with Gasteiger partial charge in [0, 0.05) is 32.5 Å². The maximum Gasteiger partial charge on any atom is 0.251 e. The molecule has 0 aliphatic carbocycles. The number of amides is 2. The summed E-state index contributed by atoms with van der Waals surface area (Å²) in [6.45, 7) is 1.72. The van der Waals surface area contributed by atoms with E-state index in [-0.39, 0.29) is 18.4 Å². The minimum absolute atomic E-state index is 0.0332. The maximum absolute atomic E-state index is 12.2. The summed E-state index contributed by atoms with van der Waals surface area (Å²) in [5, 5.41) is 13.8. The summed E-state index contributed by atoms with van der Waals surface area (Å²) in [6, 6.07) is 1.83. The molecule has 7 nitrogen and oxygen atoms in total. The number of aromatic nitrogens is 2. The van der Waals surface area contributed by atoms with Gasteiger partial charge in [0.1, 0.15) is 6.10 Å². The molecule has 0 saturated carbocycles. The van der Waals surface area contributed by atoms with Crippen molar-refractivity contribution in [3.8, 4) is 0 Å². The van der Waals surface area contributed by atoms with Crippen LogP contribution in [-0.2, 0) is 16.1 Å². The van der Waals surface area contributed by atoms with E-state index in [4.69, 9.17) is 0 Å². The van der Waals surface area contributed by atoms with E-state index in [1.165, 1.54) is 4.90 Å². The van der Waals surface area contributed by atoms with Crippen LogP contribution >= 0.6 is 0 Å². The predicted molar refractivity (Wildman–Crippen MR) is 76.3 cm³/mol. The van der Waals surface area contributed by atoms with Crippen LogP contribution in [0.5, 0.6) is 0 Å². The topological polar surface area (TPSA) is 78.7 Å². The second-order valence-electron chi connectivity index (χ2n) is 5.36. The molecular weight excluding hydrogens is 272 g/mol. The molecule has 1 fully saturated rings. The summed E-state index contributed by atoms with van der Waals surface area (Å²) in [6.07, 6.45) is 4.69. The lowest BCUT2D eigenvalue weighted by Crippen LogP contribution is -2.45. The highest BCUT2D eigenvalue weighted by molar-refractivity contribution is 5.87. The average molecular weight is 294 g/mol. The molecule has 1 aliphatic rings. The van der Waals surface area contributed by atoms with Crippen molar-refractivity contribution in [2.75, 3.05) is 26.7 Å². The quantitative estimate of drug-likeness (QED) is 0.810. The number of rotatable bonds is 5. The highest BCUT2D eigenvalue weighted by atomic mass is 16.3. The van der Waals surface area contributed by atoms with E-state index < -0.39 is 6.10 Å². The van der Waals surface area contributed by atoms with Crippen molar-refractivity contribution in [2.24, 2.45) is 0 Å². The number of hydrogen-bond donors (Lipinski definition) is 1. The van der Waals surface area contributed by atoms with Gasteiger partial charge in [-0.05, 0) is 25.3 Å². The Morgan fingerprint density at radius 3 is 3.05 bits per heavy atom. The van der Waals surface area contributed by atoms with E-state index in [1.54, 1.807) is 22.8 Å². The van der Waals surface area contributed by atoms with Gasteiger partial charge in [0.15, 0.2) is 0 Å². The van der Waals surface area contributed by atoms with Gasteiger partial charge in [0.05, 0.1) is 13.1 Å². The molecule has 21 heavy (non-hydrogen) atoms. The monoisotopic (exact) mass is 294 g/mol. The number of hydrogen-bond acceptors (Lipinski definition) is 4. The fourth-order valence-corrected chi connectivity index (χ4v) is 2.34. The molecular formula is C14H22N4O3. The first-order valence-corrected chi connectivity index (χ1v) is 7.26. The van der Waals surface area contributed by atoms with Crippen LogP contribution in [0.2, 0.25) is 0 Å². The summed E-state index contributed by atoms with van der Waals surface area (Å²) >= 11 is 0. The third-order valence-electron chi connectivity index (χ3n) is 3.73. The first-order chi connectivity index (χ1) is 10.1. The van der Waals surface area contributed by atoms with E-state index >= 15 is 0 Å². The molecule has 1 unspecified atom stereocenters. The average Bonchev–Trinajstić information content (AvgIpc) is 2.94. The minimum Gasteiger partial charge on any atom is -0.383 e. The molecule has 1 aromatic heterocycles. The Bertz CT molecular complexity index is 475. The van der Waals surface area contributed by atoms with Crippen molar-refractivity contribution in [1.29, 1.82) is 0 Å². The molecule has 1 saturated heterocycles. The van der Waals surface area contributed by atoms with Crippen LogP contribution in [0.1, 0.15) is 19.3 Å². The highest BCUT2D eigenvalue weighted by Gasteiger charge is 2.27. The number of likely N-dealkylation sites (N-methyl/N-ethyl adjacent to an activating group) is 1. The largest absolute Gasteiger partial charge is 0.383 e. The van der Waals surface area contributed by atoms with Crippen LogP contribution < -0.4 is 0 Å². The number of nitrogens with zero attached hydrogens (tertiary/aromatic N) is 4. The smallest absolute Gasteiger partial charge is 0.251 e. The number of carbonyl (C=O) groups excluding carboxylic acids is 2. The Morgan fingerprint density at radius 2 is 2.33 bits per heavy atom. The predicted octanol–water partition coefficient (Wildman–Crippen LogP) is -0.285. The zero-order chi connectivity index (χ0) is 15.2. The van der Waals surface area contributed by atoms with Crippen molar-refractivity contribution >= 4 is 11.8 Å². The summed E-state index contributed by atoms with van der Waals surface area (Å²) in [7, 11) is 1.71. The molecule has 1 aromatic rings. The van der Waals surface area contributed by atoms with Crippen molar-refractivity contribution in [2.45, 2.75) is 31.9 Å². The van der Waals surface area contributed by atoms with Crippen LogP contribution in [0, 0.1) is 0 Å². The zero-order valence-electron chi connectivity index (χ0n) is 12.3. The number of likely N-dealkylation sites (tertiary alicyclic amines) is 1. The number of carbonyl (C=O) groups is 2. The van der Waals surface area contributed by atoms with Crippen molar-refractivity contribution in [3.63, 3.8) is 0 Å². The first kappa shape index (κ1) is 15.5. The van der Waals surface area contributed by atoms with E-state index in [1.807, 2.05) is 12.3 Å². The lowest BCUT2D eigenvalue weighted by atomic mass is 10.2. The highest BCUT2D eigenvalue weighted by Crippen LogP contribution is 2.12. The van der Waals surface area contributed by atoms with E-state index in [0.717, 1.165) is 12.8 Å². The lowest BCUT2D eigenvalue weighted by Gasteiger charge is -2.25. The van der Waals surface area contributed by atoms with E-state index in [9.17, 15) is 14.7 Å². The molecule has 2 rings (SSSR count). The van der Waals surface area contributed by atoms with Crippen LogP contribution in [-0.4, -0.2) is 69.3 Å². The van der Waals surface area contributed by atoms with Gasteiger partial charge >= 0.3 is 0 Å². The van der Waals surface area contributed by atoms with Gasteiger partial charge in [-0.3, -0.25) is 14.3 Å². The van der Waals surface area contributed by atoms with Crippen molar-refractivity contribution < 1.29 is 14.7 Å². The Labute approximate surface area is 124 Å². The van der Waals surface area contributed by atoms with Crippen LogP contribution in [0.25, 0.3) is 0 Å². The van der Waals surface area contributed by atoms with E-state index in [2.05, 4.69) is 5.10 Å². The molecule has 1 N–H and O–H groups in total. The van der Waals surface area contributed by atoms with Gasteiger partial charge < -0.3 is 14.9 Å². The van der Waals surface area contributed by atoms with Crippen LogP contribution in [0.4, 0.5) is 0 Å². The van der Waals surface area contributed by atoms with Gasteiger partial charge in [-0.25, -0.2) is 0 Å². The summed E-state index contributed by atoms with van der Waals surface area (Å²) < 4.78 is 1.75. The van der Waals surface area contributed by atoms with Gasteiger partial charge in [-0.15, -0.1) is 0 Å². The van der Waals surface area contributed by atoms with Gasteiger partial charge in [0.2, 0.25) is 5.91 Å². The van der Waals surface area contributed by atoms with Crippen molar-refractivity contribution in [1.82, 2.24) is 19.6 Å². The third-order valence-corrected chi connectivity index (χ3v) is 3.73. The first-order valence-electron chi connectivity index (χ1n) is 7.26. The molecule has 1 atom stereocenters. The van der Waals surface area contributed by atoms with Gasteiger partial charge in [-0.1, -0.05) is 0 Å². The Hall–Kier alpha value is -1.89. The summed E-state index contributed by atoms with van der Waals surface area (Å²) in [5.41, 5.74) is 0. The lowest BCUT2D eigenvalue weighted by molar-refractivity contribution is -0.144. The number of aliphatic hydroxyl groups excluding tert-OH is 1. The number of aliphatic hydroxyl groups is 1. The molecule has 0 bridgehead atoms. The standard InChI is InChI=1S/C14H22N4O3/c1-16(9-10-18-8-4-6-15-18)13(20)11-17-7-3-2-5-12(19)14(17)21/h4,6,8,12,19H,2-3,5,7,9-11H2,1H3. The molecule has 116 valence electrons. The van der Waals surface area contributed by atoms with Gasteiger partial charge in [-0.2, -0.15) is 5.10 Å². The second-order valence-corrected chi connectivity index (χ2v) is 5.36. The molecule has 0 spiro atoms. The molecule has 2 heterocycles. The van der Waals surface area contributed by atoms with Crippen LogP contribution in [0.3, 0.4) is 0 Å². The Morgan fingerprint density at radius 1 is 1.52 bits per heavy atom. The van der Waals surface area contributed by atoms with E-state index in [0.29, 0.717) is 26.1 Å². The molecule has 2 amide bonds. The SMILES string of the molecule is CN(CCn1cccn1)C(=O)CN1CCCCC(O)C1=O. The normalized spacial score (nSPS) is 19.4. The molecule has 0 aromatic carbocycles. The molecule has 1 aliphatic heterocycles. The summed E-state index contributed by atoms with van der Waals surface area (Å²) in [5.74, 6) is -0.453. The molecule has 0 radical (unpaired) electrons. The third kappa shape index (κ3) is 4.29.